The third-order valence-corrected chi connectivity index (χ3v) is 4.73. The number of nitrogens with one attached hydrogen (secondary N) is 2. The third kappa shape index (κ3) is 2.54. The van der Waals surface area contributed by atoms with Crippen molar-refractivity contribution in [2.24, 2.45) is 0 Å². The van der Waals surface area contributed by atoms with Gasteiger partial charge in [0.1, 0.15) is 18.0 Å². The van der Waals surface area contributed by atoms with Gasteiger partial charge in [0.15, 0.2) is 5.82 Å². The first kappa shape index (κ1) is 15.8. The zero-order valence-corrected chi connectivity index (χ0v) is 12.6. The number of amides is 2. The lowest BCUT2D eigenvalue weighted by molar-refractivity contribution is -0.117. The number of carboxylic acid groups (broad SMARTS) is 1. The van der Waals surface area contributed by atoms with Crippen LogP contribution in [0.1, 0.15) is 0 Å². The van der Waals surface area contributed by atoms with E-state index in [1.54, 1.807) is 4.72 Å². The van der Waals surface area contributed by atoms with Crippen molar-refractivity contribution in [3.63, 3.8) is 0 Å². The van der Waals surface area contributed by atoms with Crippen molar-refractivity contribution in [2.75, 3.05) is 16.2 Å². The minimum Gasteiger partial charge on any atom is -0.506 e. The Labute approximate surface area is 134 Å². The number of fused-ring (bicyclic) bond motifs is 1. The van der Waals surface area contributed by atoms with Gasteiger partial charge in [-0.2, -0.15) is 8.42 Å². The molecule has 0 spiro atoms. The van der Waals surface area contributed by atoms with E-state index in [9.17, 15) is 27.5 Å². The van der Waals surface area contributed by atoms with Gasteiger partial charge in [0, 0.05) is 11.1 Å². The Morgan fingerprint density at radius 1 is 1.33 bits per heavy atom. The summed E-state index contributed by atoms with van der Waals surface area (Å²) in [5.74, 6) is -2.60. The van der Waals surface area contributed by atoms with Crippen molar-refractivity contribution in [1.29, 1.82) is 0 Å². The van der Waals surface area contributed by atoms with Crippen molar-refractivity contribution < 1.29 is 32.6 Å². The highest BCUT2D eigenvalue weighted by atomic mass is 32.2. The molecule has 4 N–H and O–H groups in total. The Bertz CT molecular complexity index is 991. The molecule has 126 valence electrons. The molecule has 0 unspecified atom stereocenters. The number of phenolic OH excluding ortho intramolecular Hbond substituents is 1. The molecule has 0 bridgehead atoms. The minimum atomic E-state index is -4.28. The van der Waals surface area contributed by atoms with Gasteiger partial charge >= 0.3 is 16.3 Å². The second-order valence-corrected chi connectivity index (χ2v) is 6.56. The molecule has 0 aliphatic carbocycles. The summed E-state index contributed by atoms with van der Waals surface area (Å²) in [4.78, 5) is 21.9. The lowest BCUT2D eigenvalue weighted by atomic mass is 10.1. The largest absolute Gasteiger partial charge is 0.506 e. The van der Waals surface area contributed by atoms with Gasteiger partial charge in [-0.05, 0) is 29.7 Å². The van der Waals surface area contributed by atoms with Crippen LogP contribution in [0.3, 0.4) is 0 Å². The molecule has 1 aliphatic rings. The maximum Gasteiger partial charge on any atom is 0.409 e. The summed E-state index contributed by atoms with van der Waals surface area (Å²) >= 11 is 0. The Morgan fingerprint density at radius 2 is 2.04 bits per heavy atom. The summed E-state index contributed by atoms with van der Waals surface area (Å²) in [5, 5.41) is 20.9. The van der Waals surface area contributed by atoms with E-state index in [1.807, 2.05) is 0 Å². The summed E-state index contributed by atoms with van der Waals surface area (Å²) in [6, 6.07) is 4.87. The first-order valence-corrected chi connectivity index (χ1v) is 7.91. The van der Waals surface area contributed by atoms with Crippen molar-refractivity contribution in [1.82, 2.24) is 4.72 Å². The Kier molecular flexibility index (Phi) is 3.44. The molecule has 2 aromatic rings. The van der Waals surface area contributed by atoms with E-state index in [0.29, 0.717) is 4.31 Å². The number of aromatic hydroxyl groups is 1. The van der Waals surface area contributed by atoms with Gasteiger partial charge in [0.2, 0.25) is 0 Å². The molecule has 1 fully saturated rings. The molecule has 11 heteroatoms. The fraction of sp³-hybridized carbons (Fsp3) is 0.0769. The number of halogens is 1. The van der Waals surface area contributed by atoms with Crippen LogP contribution < -0.4 is 14.3 Å². The summed E-state index contributed by atoms with van der Waals surface area (Å²) in [5.41, 5.74) is -0.507. The number of carbonyl (C=O) groups excluding carboxylic acids is 1. The molecule has 3 rings (SSSR count). The van der Waals surface area contributed by atoms with Crippen LogP contribution in [0.2, 0.25) is 0 Å². The summed E-state index contributed by atoms with van der Waals surface area (Å²) in [7, 11) is -4.28. The second-order valence-electron chi connectivity index (χ2n) is 4.96. The molecule has 1 saturated heterocycles. The average molecular weight is 355 g/mol. The van der Waals surface area contributed by atoms with Crippen molar-refractivity contribution in [3.05, 3.63) is 30.1 Å². The highest BCUT2D eigenvalue weighted by Crippen LogP contribution is 2.38. The number of nitrogens with zero attached hydrogens (tertiary/aromatic N) is 1. The van der Waals surface area contributed by atoms with Crippen LogP contribution in [0.25, 0.3) is 10.8 Å². The molecule has 1 aliphatic heterocycles. The van der Waals surface area contributed by atoms with Gasteiger partial charge in [-0.1, -0.05) is 0 Å². The standard InChI is InChI=1S/C13H10FN3O6S/c14-11-8-2-1-7(15-13(20)21)3-6(8)4-9(18)12(11)17-5-10(19)16-24(17,22)23/h1-4,15,18H,5H2,(H,16,19)(H,20,21). The Hall–Kier alpha value is -3.08. The third-order valence-electron chi connectivity index (χ3n) is 3.35. The lowest BCUT2D eigenvalue weighted by Crippen LogP contribution is -2.30. The summed E-state index contributed by atoms with van der Waals surface area (Å²) in [6.07, 6.45) is -1.32. The first-order chi connectivity index (χ1) is 11.2. The molecule has 2 aromatic carbocycles. The highest BCUT2D eigenvalue weighted by molar-refractivity contribution is 7.92. The molecular weight excluding hydrogens is 345 g/mol. The molecule has 0 atom stereocenters. The molecule has 9 nitrogen and oxygen atoms in total. The zero-order valence-electron chi connectivity index (χ0n) is 11.8. The zero-order chi connectivity index (χ0) is 17.6. The Morgan fingerprint density at radius 3 is 2.62 bits per heavy atom. The monoisotopic (exact) mass is 355 g/mol. The normalized spacial score (nSPS) is 16.2. The summed E-state index contributed by atoms with van der Waals surface area (Å²) in [6.45, 7) is -0.656. The van der Waals surface area contributed by atoms with Crippen LogP contribution in [-0.2, 0) is 15.0 Å². The van der Waals surface area contributed by atoms with Gasteiger partial charge in [-0.25, -0.2) is 18.2 Å². The fourth-order valence-electron chi connectivity index (χ4n) is 2.42. The quantitative estimate of drug-likeness (QED) is 0.633. The minimum absolute atomic E-state index is 0.0479. The first-order valence-electron chi connectivity index (χ1n) is 6.47. The molecule has 0 saturated carbocycles. The maximum absolute atomic E-state index is 14.7. The SMILES string of the molecule is O=C(O)Nc1ccc2c(F)c(N3CC(=O)NS3(=O)=O)c(O)cc2c1. The van der Waals surface area contributed by atoms with Gasteiger partial charge in [-0.15, -0.1) is 0 Å². The maximum atomic E-state index is 14.7. The number of phenols is 1. The average Bonchev–Trinajstić information content (AvgIpc) is 2.70. The van der Waals surface area contributed by atoms with Crippen LogP contribution in [-0.4, -0.2) is 37.2 Å². The predicted molar refractivity (Wildman–Crippen MR) is 81.6 cm³/mol. The molecule has 0 radical (unpaired) electrons. The number of carbonyl (C=O) groups is 2. The molecule has 2 amide bonds. The van der Waals surface area contributed by atoms with E-state index in [1.165, 1.54) is 18.2 Å². The number of benzene rings is 2. The van der Waals surface area contributed by atoms with Crippen LogP contribution in [0.5, 0.6) is 5.75 Å². The van der Waals surface area contributed by atoms with Gasteiger partial charge in [0.25, 0.3) is 5.91 Å². The topological polar surface area (TPSA) is 136 Å². The molecule has 24 heavy (non-hydrogen) atoms. The van der Waals surface area contributed by atoms with Crippen LogP contribution in [0.4, 0.5) is 20.6 Å². The van der Waals surface area contributed by atoms with Gasteiger partial charge < -0.3 is 10.2 Å². The van der Waals surface area contributed by atoms with Crippen LogP contribution in [0, 0.1) is 5.82 Å². The number of hydrogen-bond donors (Lipinski definition) is 4. The van der Waals surface area contributed by atoms with E-state index in [0.717, 1.165) is 6.07 Å². The lowest BCUT2D eigenvalue weighted by Gasteiger charge is -2.18. The van der Waals surface area contributed by atoms with Crippen LogP contribution in [0.15, 0.2) is 24.3 Å². The molecular formula is C13H10FN3O6S. The van der Waals surface area contributed by atoms with Crippen molar-refractivity contribution >= 4 is 44.4 Å². The van der Waals surface area contributed by atoms with E-state index in [2.05, 4.69) is 5.32 Å². The number of rotatable bonds is 2. The predicted octanol–water partition coefficient (Wildman–Crippen LogP) is 0.955. The van der Waals surface area contributed by atoms with E-state index >= 15 is 0 Å². The van der Waals surface area contributed by atoms with Gasteiger partial charge in [0.05, 0.1) is 0 Å². The van der Waals surface area contributed by atoms with E-state index in [4.69, 9.17) is 5.11 Å². The highest BCUT2D eigenvalue weighted by Gasteiger charge is 2.37. The summed E-state index contributed by atoms with van der Waals surface area (Å²) < 4.78 is 40.5. The van der Waals surface area contributed by atoms with E-state index in [-0.39, 0.29) is 16.5 Å². The molecule has 1 heterocycles. The van der Waals surface area contributed by atoms with Crippen molar-refractivity contribution in [3.8, 4) is 5.75 Å². The number of anilines is 2. The van der Waals surface area contributed by atoms with E-state index < -0.39 is 46.0 Å². The van der Waals surface area contributed by atoms with Crippen LogP contribution >= 0.6 is 0 Å². The van der Waals surface area contributed by atoms with Gasteiger partial charge in [-0.3, -0.25) is 10.1 Å². The Balaban J connectivity index is 2.18. The van der Waals surface area contributed by atoms with Crippen molar-refractivity contribution in [2.45, 2.75) is 0 Å². The fourth-order valence-corrected chi connectivity index (χ4v) is 3.59. The second kappa shape index (κ2) is 5.23. The number of hydrogen-bond acceptors (Lipinski definition) is 5. The smallest absolute Gasteiger partial charge is 0.409 e. The molecule has 0 aromatic heterocycles.